The van der Waals surface area contributed by atoms with Crippen LogP contribution in [0.5, 0.6) is 0 Å². The lowest BCUT2D eigenvalue weighted by Gasteiger charge is -2.15. The van der Waals surface area contributed by atoms with Gasteiger partial charge >= 0.3 is 0 Å². The largest absolute Gasteiger partial charge is 0.395 e. The lowest BCUT2D eigenvalue weighted by molar-refractivity contribution is 0.284. The van der Waals surface area contributed by atoms with Crippen LogP contribution in [0.4, 0.5) is 0 Å². The predicted molar refractivity (Wildman–Crippen MR) is 70.2 cm³/mol. The highest BCUT2D eigenvalue weighted by atomic mass is 32.1. The molecule has 4 heteroatoms. The zero-order chi connectivity index (χ0) is 11.2. The molecule has 2 heterocycles. The number of thiophene rings is 2. The molecule has 0 bridgehead atoms. The zero-order valence-corrected chi connectivity index (χ0v) is 10.6. The van der Waals surface area contributed by atoms with Gasteiger partial charge in [0.2, 0.25) is 0 Å². The maximum Gasteiger partial charge on any atom is 0.0556 e. The molecule has 2 N–H and O–H groups in total. The van der Waals surface area contributed by atoms with E-state index in [4.69, 9.17) is 5.11 Å². The Hall–Kier alpha value is -0.680. The average Bonchev–Trinajstić information content (AvgIpc) is 2.96. The van der Waals surface area contributed by atoms with Crippen molar-refractivity contribution in [3.05, 3.63) is 44.8 Å². The first-order valence-electron chi connectivity index (χ1n) is 5.30. The zero-order valence-electron chi connectivity index (χ0n) is 8.93. The van der Waals surface area contributed by atoms with Gasteiger partial charge in [0.05, 0.1) is 6.61 Å². The van der Waals surface area contributed by atoms with E-state index in [1.54, 1.807) is 22.7 Å². The predicted octanol–water partition coefficient (Wildman–Crippen LogP) is 2.68. The summed E-state index contributed by atoms with van der Waals surface area (Å²) < 4.78 is 0. The molecular formula is C12H15NOS2. The fraction of sp³-hybridized carbons (Fsp3) is 0.333. The van der Waals surface area contributed by atoms with Gasteiger partial charge in [-0.15, -0.1) is 22.7 Å². The van der Waals surface area contributed by atoms with E-state index >= 15 is 0 Å². The number of hydrogen-bond donors (Lipinski definition) is 2. The van der Waals surface area contributed by atoms with E-state index < -0.39 is 0 Å². The molecule has 0 radical (unpaired) electrons. The first-order chi connectivity index (χ1) is 7.90. The van der Waals surface area contributed by atoms with Crippen LogP contribution in [-0.2, 0) is 6.42 Å². The van der Waals surface area contributed by atoms with Crippen molar-refractivity contribution in [1.29, 1.82) is 0 Å². The van der Waals surface area contributed by atoms with Gasteiger partial charge in [-0.1, -0.05) is 12.1 Å². The molecule has 0 saturated carbocycles. The number of aliphatic hydroxyl groups excluding tert-OH is 1. The molecule has 1 atom stereocenters. The van der Waals surface area contributed by atoms with E-state index in [9.17, 15) is 0 Å². The molecule has 1 unspecified atom stereocenters. The molecule has 0 saturated heterocycles. The smallest absolute Gasteiger partial charge is 0.0556 e. The molecule has 0 aliphatic heterocycles. The Balaban J connectivity index is 2.03. The van der Waals surface area contributed by atoms with Gasteiger partial charge in [0.15, 0.2) is 0 Å². The molecule has 16 heavy (non-hydrogen) atoms. The van der Waals surface area contributed by atoms with Crippen LogP contribution in [0.1, 0.15) is 15.8 Å². The quantitative estimate of drug-likeness (QED) is 0.829. The van der Waals surface area contributed by atoms with Gasteiger partial charge in [0.25, 0.3) is 0 Å². The molecule has 0 aliphatic carbocycles. The maximum atomic E-state index is 8.88. The number of hydrogen-bond acceptors (Lipinski definition) is 4. The van der Waals surface area contributed by atoms with Gasteiger partial charge in [-0.3, -0.25) is 0 Å². The van der Waals surface area contributed by atoms with Crippen LogP contribution in [0.3, 0.4) is 0 Å². The Bertz CT molecular complexity index is 383. The molecule has 2 nitrogen and oxygen atoms in total. The van der Waals surface area contributed by atoms with Crippen molar-refractivity contribution in [2.75, 3.05) is 13.2 Å². The van der Waals surface area contributed by atoms with Gasteiger partial charge in [0.1, 0.15) is 0 Å². The highest BCUT2D eigenvalue weighted by Gasteiger charge is 2.12. The van der Waals surface area contributed by atoms with Crippen LogP contribution in [0.25, 0.3) is 0 Å². The van der Waals surface area contributed by atoms with Crippen LogP contribution in [0, 0.1) is 0 Å². The second kappa shape index (κ2) is 6.15. The van der Waals surface area contributed by atoms with Crippen molar-refractivity contribution in [1.82, 2.24) is 5.32 Å². The van der Waals surface area contributed by atoms with Crippen LogP contribution in [0.2, 0.25) is 0 Å². The van der Waals surface area contributed by atoms with Crippen molar-refractivity contribution < 1.29 is 5.11 Å². The van der Waals surface area contributed by atoms with Crippen LogP contribution < -0.4 is 5.32 Å². The highest BCUT2D eigenvalue weighted by molar-refractivity contribution is 7.10. The van der Waals surface area contributed by atoms with E-state index in [-0.39, 0.29) is 6.61 Å². The van der Waals surface area contributed by atoms with Gasteiger partial charge in [-0.25, -0.2) is 0 Å². The first kappa shape index (κ1) is 11.8. The summed E-state index contributed by atoms with van der Waals surface area (Å²) in [5.41, 5.74) is 0. The van der Waals surface area contributed by atoms with Gasteiger partial charge in [0, 0.05) is 28.8 Å². The second-order valence-corrected chi connectivity index (χ2v) is 5.54. The van der Waals surface area contributed by atoms with E-state index in [0.717, 1.165) is 6.42 Å². The minimum absolute atomic E-state index is 0.187. The third kappa shape index (κ3) is 3.15. The van der Waals surface area contributed by atoms with Crippen molar-refractivity contribution in [3.63, 3.8) is 0 Å². The normalized spacial score (nSPS) is 12.8. The third-order valence-electron chi connectivity index (χ3n) is 2.37. The number of nitrogens with one attached hydrogen (secondary N) is 1. The van der Waals surface area contributed by atoms with E-state index in [1.165, 1.54) is 9.75 Å². The summed E-state index contributed by atoms with van der Waals surface area (Å²) in [4.78, 5) is 2.71. The molecule has 0 aliphatic rings. The average molecular weight is 253 g/mol. The molecule has 86 valence electrons. The van der Waals surface area contributed by atoms with Gasteiger partial charge < -0.3 is 10.4 Å². The monoisotopic (exact) mass is 253 g/mol. The molecule has 0 aromatic carbocycles. The molecule has 0 amide bonds. The number of rotatable bonds is 6. The lowest BCUT2D eigenvalue weighted by Crippen LogP contribution is -2.25. The summed E-state index contributed by atoms with van der Waals surface area (Å²) in [6.07, 6.45) is 0.998. The van der Waals surface area contributed by atoms with E-state index in [1.807, 2.05) is 0 Å². The van der Waals surface area contributed by atoms with E-state index in [0.29, 0.717) is 12.6 Å². The summed E-state index contributed by atoms with van der Waals surface area (Å²) in [5, 5.41) is 16.5. The molecule has 2 aromatic rings. The summed E-state index contributed by atoms with van der Waals surface area (Å²) in [6, 6.07) is 8.78. The summed E-state index contributed by atoms with van der Waals surface area (Å²) in [7, 11) is 0. The minimum atomic E-state index is 0.187. The summed E-state index contributed by atoms with van der Waals surface area (Å²) in [6.45, 7) is 0.834. The maximum absolute atomic E-state index is 8.88. The highest BCUT2D eigenvalue weighted by Crippen LogP contribution is 2.24. The Morgan fingerprint density at radius 1 is 1.19 bits per heavy atom. The second-order valence-electron chi connectivity index (χ2n) is 3.53. The van der Waals surface area contributed by atoms with Gasteiger partial charge in [-0.2, -0.15) is 0 Å². The van der Waals surface area contributed by atoms with E-state index in [2.05, 4.69) is 40.3 Å². The van der Waals surface area contributed by atoms with Crippen LogP contribution in [-0.4, -0.2) is 18.3 Å². The van der Waals surface area contributed by atoms with Crippen molar-refractivity contribution >= 4 is 22.7 Å². The molecular weight excluding hydrogens is 238 g/mol. The Kier molecular flexibility index (Phi) is 4.54. The molecule has 0 spiro atoms. The van der Waals surface area contributed by atoms with Crippen LogP contribution in [0.15, 0.2) is 35.0 Å². The fourth-order valence-electron chi connectivity index (χ4n) is 1.63. The van der Waals surface area contributed by atoms with Gasteiger partial charge in [-0.05, 0) is 22.9 Å². The molecule has 2 aromatic heterocycles. The van der Waals surface area contributed by atoms with Crippen molar-refractivity contribution in [3.8, 4) is 0 Å². The molecule has 2 rings (SSSR count). The van der Waals surface area contributed by atoms with Crippen molar-refractivity contribution in [2.45, 2.75) is 12.5 Å². The topological polar surface area (TPSA) is 32.3 Å². The fourth-order valence-corrected chi connectivity index (χ4v) is 3.19. The Morgan fingerprint density at radius 3 is 2.62 bits per heavy atom. The Labute approximate surface area is 104 Å². The molecule has 0 fully saturated rings. The third-order valence-corrected chi connectivity index (χ3v) is 4.26. The minimum Gasteiger partial charge on any atom is -0.395 e. The van der Waals surface area contributed by atoms with Crippen molar-refractivity contribution in [2.24, 2.45) is 0 Å². The first-order valence-corrected chi connectivity index (χ1v) is 7.06. The summed E-state index contributed by atoms with van der Waals surface area (Å²) in [5.74, 6) is 0. The Morgan fingerprint density at radius 2 is 2.00 bits per heavy atom. The summed E-state index contributed by atoms with van der Waals surface area (Å²) >= 11 is 3.55. The standard InChI is InChI=1S/C12H15NOS2/c14-6-5-13-11(12-4-2-8-16-12)9-10-3-1-7-15-10/h1-4,7-8,11,13-14H,5-6,9H2. The van der Waals surface area contributed by atoms with Crippen LogP contribution >= 0.6 is 22.7 Å². The number of aliphatic hydroxyl groups is 1. The lowest BCUT2D eigenvalue weighted by atomic mass is 10.1. The SMILES string of the molecule is OCCNC(Cc1cccs1)c1cccs1.